The van der Waals surface area contributed by atoms with Crippen molar-refractivity contribution in [3.05, 3.63) is 0 Å². The third-order valence-electron chi connectivity index (χ3n) is 2.13. The van der Waals surface area contributed by atoms with E-state index in [4.69, 9.17) is 9.47 Å². The molecule has 0 aliphatic carbocycles. The average Bonchev–Trinajstić information content (AvgIpc) is 2.52. The van der Waals surface area contributed by atoms with Gasteiger partial charge in [-0.1, -0.05) is 0 Å². The van der Waals surface area contributed by atoms with E-state index in [1.54, 1.807) is 0 Å². The molecular formula is C7H9NO4. The second kappa shape index (κ2) is 2.75. The molecule has 2 fully saturated rings. The average molecular weight is 171 g/mol. The number of carbonyl (C=O) groups is 2. The fourth-order valence-electron chi connectivity index (χ4n) is 1.56. The SMILES string of the molecule is O=CC[C@@H]1OC[C@@H]2NC(=O)O[C@@H]21. The molecule has 0 aromatic carbocycles. The van der Waals surface area contributed by atoms with Crippen LogP contribution in [0.15, 0.2) is 0 Å². The summed E-state index contributed by atoms with van der Waals surface area (Å²) >= 11 is 0. The van der Waals surface area contributed by atoms with Crippen LogP contribution in [0.1, 0.15) is 6.42 Å². The van der Waals surface area contributed by atoms with Crippen molar-refractivity contribution in [1.29, 1.82) is 0 Å². The van der Waals surface area contributed by atoms with E-state index in [-0.39, 0.29) is 24.7 Å². The number of alkyl carbamates (subject to hydrolysis) is 1. The molecule has 0 aromatic heterocycles. The lowest BCUT2D eigenvalue weighted by Crippen LogP contribution is -2.32. The summed E-state index contributed by atoms with van der Waals surface area (Å²) in [6.45, 7) is 0.439. The van der Waals surface area contributed by atoms with Gasteiger partial charge in [0.1, 0.15) is 12.4 Å². The Morgan fingerprint density at radius 2 is 2.50 bits per heavy atom. The van der Waals surface area contributed by atoms with E-state index in [9.17, 15) is 9.59 Å². The van der Waals surface area contributed by atoms with Gasteiger partial charge in [-0.25, -0.2) is 4.79 Å². The molecular weight excluding hydrogens is 162 g/mol. The third kappa shape index (κ3) is 1.06. The summed E-state index contributed by atoms with van der Waals surface area (Å²) in [7, 11) is 0. The summed E-state index contributed by atoms with van der Waals surface area (Å²) in [5.74, 6) is 0. The van der Waals surface area contributed by atoms with Crippen molar-refractivity contribution in [2.75, 3.05) is 6.61 Å². The van der Waals surface area contributed by atoms with Crippen LogP contribution in [0.5, 0.6) is 0 Å². The lowest BCUT2D eigenvalue weighted by Gasteiger charge is -2.11. The monoisotopic (exact) mass is 171 g/mol. The van der Waals surface area contributed by atoms with Gasteiger partial charge in [0.05, 0.1) is 12.6 Å². The zero-order valence-corrected chi connectivity index (χ0v) is 6.36. The number of ether oxygens (including phenoxy) is 2. The van der Waals surface area contributed by atoms with Gasteiger partial charge in [-0.2, -0.15) is 0 Å². The van der Waals surface area contributed by atoms with Crippen molar-refractivity contribution in [2.24, 2.45) is 0 Å². The quantitative estimate of drug-likeness (QED) is 0.566. The summed E-state index contributed by atoms with van der Waals surface area (Å²) in [5, 5.41) is 2.60. The molecule has 66 valence electrons. The van der Waals surface area contributed by atoms with Crippen LogP contribution in [0, 0.1) is 0 Å². The minimum Gasteiger partial charge on any atom is -0.441 e. The number of aldehydes is 1. The maximum atomic E-state index is 10.7. The molecule has 2 heterocycles. The molecule has 5 nitrogen and oxygen atoms in total. The predicted octanol–water partition coefficient (Wildman–Crippen LogP) is -0.549. The highest BCUT2D eigenvalue weighted by molar-refractivity contribution is 5.70. The highest BCUT2D eigenvalue weighted by atomic mass is 16.6. The maximum absolute atomic E-state index is 10.7. The number of rotatable bonds is 2. The molecule has 2 saturated heterocycles. The van der Waals surface area contributed by atoms with Gasteiger partial charge in [-0.15, -0.1) is 0 Å². The Labute approximate surface area is 69.0 Å². The van der Waals surface area contributed by atoms with Crippen LogP contribution in [-0.4, -0.2) is 37.2 Å². The van der Waals surface area contributed by atoms with Crippen molar-refractivity contribution in [3.8, 4) is 0 Å². The zero-order valence-electron chi connectivity index (χ0n) is 6.36. The largest absolute Gasteiger partial charge is 0.441 e. The molecule has 0 spiro atoms. The maximum Gasteiger partial charge on any atom is 0.408 e. The van der Waals surface area contributed by atoms with Crippen molar-refractivity contribution < 1.29 is 19.1 Å². The van der Waals surface area contributed by atoms with E-state index >= 15 is 0 Å². The standard InChI is InChI=1S/C7H9NO4/c9-2-1-5-6-4(3-11-5)8-7(10)12-6/h2,4-6H,1,3H2,(H,8,10)/t4-,5-,6-/m0/s1. The summed E-state index contributed by atoms with van der Waals surface area (Å²) in [4.78, 5) is 20.9. The molecule has 2 rings (SSSR count). The molecule has 0 saturated carbocycles. The van der Waals surface area contributed by atoms with Crippen LogP contribution in [0.2, 0.25) is 0 Å². The third-order valence-corrected chi connectivity index (χ3v) is 2.13. The first-order valence-electron chi connectivity index (χ1n) is 3.83. The van der Waals surface area contributed by atoms with Gasteiger partial charge in [0, 0.05) is 6.42 Å². The van der Waals surface area contributed by atoms with Gasteiger partial charge in [0.25, 0.3) is 0 Å². The first-order valence-corrected chi connectivity index (χ1v) is 3.83. The molecule has 0 bridgehead atoms. The normalized spacial score (nSPS) is 38.7. The van der Waals surface area contributed by atoms with Crippen LogP contribution in [0.3, 0.4) is 0 Å². The van der Waals surface area contributed by atoms with Gasteiger partial charge in [-0.05, 0) is 0 Å². The number of carbonyl (C=O) groups excluding carboxylic acids is 2. The van der Waals surface area contributed by atoms with Crippen LogP contribution < -0.4 is 5.32 Å². The summed E-state index contributed by atoms with van der Waals surface area (Å²) in [5.41, 5.74) is 0. The number of hydrogen-bond acceptors (Lipinski definition) is 4. The fraction of sp³-hybridized carbons (Fsp3) is 0.714. The lowest BCUT2D eigenvalue weighted by molar-refractivity contribution is -0.110. The summed E-state index contributed by atoms with van der Waals surface area (Å²) in [6.07, 6.45) is 0.119. The molecule has 3 atom stereocenters. The van der Waals surface area contributed by atoms with E-state index in [2.05, 4.69) is 5.32 Å². The van der Waals surface area contributed by atoms with Gasteiger partial charge >= 0.3 is 6.09 Å². The van der Waals surface area contributed by atoms with Crippen LogP contribution in [0.25, 0.3) is 0 Å². The fourth-order valence-corrected chi connectivity index (χ4v) is 1.56. The van der Waals surface area contributed by atoms with Gasteiger partial charge in [0.15, 0.2) is 6.10 Å². The molecule has 0 radical (unpaired) electrons. The second-order valence-electron chi connectivity index (χ2n) is 2.89. The Balaban J connectivity index is 2.02. The van der Waals surface area contributed by atoms with Crippen molar-refractivity contribution in [2.45, 2.75) is 24.7 Å². The van der Waals surface area contributed by atoms with E-state index in [0.29, 0.717) is 6.61 Å². The highest BCUT2D eigenvalue weighted by Crippen LogP contribution is 2.23. The topological polar surface area (TPSA) is 64.6 Å². The van der Waals surface area contributed by atoms with Crippen molar-refractivity contribution in [3.63, 3.8) is 0 Å². The Morgan fingerprint density at radius 1 is 1.67 bits per heavy atom. The molecule has 2 aliphatic heterocycles. The Morgan fingerprint density at radius 3 is 3.25 bits per heavy atom. The molecule has 0 aromatic rings. The molecule has 1 N–H and O–H groups in total. The first kappa shape index (κ1) is 7.54. The Hall–Kier alpha value is -1.10. The Bertz CT molecular complexity index is 217. The predicted molar refractivity (Wildman–Crippen MR) is 37.6 cm³/mol. The molecule has 1 amide bonds. The highest BCUT2D eigenvalue weighted by Gasteiger charge is 2.45. The van der Waals surface area contributed by atoms with Crippen LogP contribution in [-0.2, 0) is 14.3 Å². The van der Waals surface area contributed by atoms with Crippen molar-refractivity contribution >= 4 is 12.4 Å². The number of hydrogen-bond donors (Lipinski definition) is 1. The van der Waals surface area contributed by atoms with Crippen LogP contribution in [0.4, 0.5) is 4.79 Å². The number of fused-ring (bicyclic) bond motifs is 1. The summed E-state index contributed by atoms with van der Waals surface area (Å²) < 4.78 is 10.2. The zero-order chi connectivity index (χ0) is 8.55. The van der Waals surface area contributed by atoms with Crippen molar-refractivity contribution in [1.82, 2.24) is 5.32 Å². The minimum absolute atomic E-state index is 0.0672. The summed E-state index contributed by atoms with van der Waals surface area (Å²) in [6, 6.07) is -0.0672. The smallest absolute Gasteiger partial charge is 0.408 e. The lowest BCUT2D eigenvalue weighted by atomic mass is 10.1. The van der Waals surface area contributed by atoms with Gasteiger partial charge in [0.2, 0.25) is 0 Å². The minimum atomic E-state index is -0.413. The Kier molecular flexibility index (Phi) is 1.73. The van der Waals surface area contributed by atoms with Gasteiger partial charge in [-0.3, -0.25) is 0 Å². The van der Waals surface area contributed by atoms with E-state index in [1.807, 2.05) is 0 Å². The number of amides is 1. The van der Waals surface area contributed by atoms with E-state index in [1.165, 1.54) is 0 Å². The molecule has 5 heteroatoms. The second-order valence-corrected chi connectivity index (χ2v) is 2.89. The first-order chi connectivity index (χ1) is 5.81. The van der Waals surface area contributed by atoms with E-state index in [0.717, 1.165) is 6.29 Å². The van der Waals surface area contributed by atoms with Crippen LogP contribution >= 0.6 is 0 Å². The molecule has 12 heavy (non-hydrogen) atoms. The molecule has 0 unspecified atom stereocenters. The molecule has 2 aliphatic rings. The van der Waals surface area contributed by atoms with Gasteiger partial charge < -0.3 is 19.6 Å². The van der Waals surface area contributed by atoms with E-state index < -0.39 is 6.09 Å². The number of nitrogens with one attached hydrogen (secondary N) is 1.